The fraction of sp³-hybridized carbons (Fsp3) is 0.400. The van der Waals surface area contributed by atoms with Gasteiger partial charge in [-0.1, -0.05) is 32.0 Å². The van der Waals surface area contributed by atoms with Crippen molar-refractivity contribution in [1.82, 2.24) is 0 Å². The smallest absolute Gasteiger partial charge is 0.303 e. The number of hydrogen-bond acceptors (Lipinski definition) is 3. The van der Waals surface area contributed by atoms with Crippen LogP contribution < -0.4 is 0 Å². The molecule has 0 radical (unpaired) electrons. The van der Waals surface area contributed by atoms with Crippen molar-refractivity contribution >= 4 is 10.2 Å². The molecule has 0 bridgehead atoms. The first-order chi connectivity index (χ1) is 6.72. The van der Waals surface area contributed by atoms with Crippen molar-refractivity contribution in [2.45, 2.75) is 19.3 Å². The van der Waals surface area contributed by atoms with Crippen LogP contribution >= 0.6 is 0 Å². The van der Waals surface area contributed by atoms with E-state index < -0.39 is 21.4 Å². The summed E-state index contributed by atoms with van der Waals surface area (Å²) in [6.45, 7) is 3.14. The molecule has 0 fully saturated rings. The molecule has 0 saturated carbocycles. The summed E-state index contributed by atoms with van der Waals surface area (Å²) in [5.41, 5.74) is -0.523. The van der Waals surface area contributed by atoms with Gasteiger partial charge in [0.15, 0.2) is 0 Å². The van der Waals surface area contributed by atoms with Gasteiger partial charge in [-0.3, -0.25) is 0 Å². The lowest BCUT2D eigenvalue weighted by molar-refractivity contribution is 0.443. The van der Waals surface area contributed by atoms with Crippen molar-refractivity contribution < 1.29 is 17.4 Å². The van der Waals surface area contributed by atoms with Gasteiger partial charge in [-0.2, -0.15) is 8.42 Å². The van der Waals surface area contributed by atoms with Crippen LogP contribution in [0.4, 0.5) is 3.89 Å². The number of hydrogen-bond donors (Lipinski definition) is 1. The van der Waals surface area contributed by atoms with E-state index in [1.807, 2.05) is 0 Å². The Morgan fingerprint density at radius 2 is 1.87 bits per heavy atom. The Morgan fingerprint density at radius 1 is 1.33 bits per heavy atom. The summed E-state index contributed by atoms with van der Waals surface area (Å²) in [5, 5.41) is 9.53. The highest BCUT2D eigenvalue weighted by molar-refractivity contribution is 7.86. The van der Waals surface area contributed by atoms with E-state index in [1.54, 1.807) is 32.0 Å². The number of para-hydroxylation sites is 1. The molecule has 0 aromatic heterocycles. The largest absolute Gasteiger partial charge is 0.508 e. The first-order valence-corrected chi connectivity index (χ1v) is 5.98. The SMILES string of the molecule is CC(C)(CS(=O)(=O)F)c1ccccc1O. The van der Waals surface area contributed by atoms with E-state index in [1.165, 1.54) is 6.07 Å². The zero-order valence-corrected chi connectivity index (χ0v) is 9.38. The van der Waals surface area contributed by atoms with Crippen molar-refractivity contribution in [2.24, 2.45) is 0 Å². The molecule has 0 unspecified atom stereocenters. The maximum absolute atomic E-state index is 12.6. The Kier molecular flexibility index (Phi) is 3.04. The third-order valence-electron chi connectivity index (χ3n) is 2.17. The van der Waals surface area contributed by atoms with Crippen molar-refractivity contribution in [1.29, 1.82) is 0 Å². The lowest BCUT2D eigenvalue weighted by atomic mass is 9.86. The molecule has 0 heterocycles. The van der Waals surface area contributed by atoms with Crippen molar-refractivity contribution in [2.75, 3.05) is 5.75 Å². The molecule has 15 heavy (non-hydrogen) atoms. The molecule has 0 saturated heterocycles. The topological polar surface area (TPSA) is 54.4 Å². The zero-order valence-electron chi connectivity index (χ0n) is 8.57. The van der Waals surface area contributed by atoms with Gasteiger partial charge in [0.2, 0.25) is 0 Å². The summed E-state index contributed by atoms with van der Waals surface area (Å²) >= 11 is 0. The monoisotopic (exact) mass is 232 g/mol. The highest BCUT2D eigenvalue weighted by Gasteiger charge is 2.29. The lowest BCUT2D eigenvalue weighted by Crippen LogP contribution is -2.26. The fourth-order valence-electron chi connectivity index (χ4n) is 1.55. The third kappa shape index (κ3) is 3.20. The van der Waals surface area contributed by atoms with Crippen LogP contribution in [0.15, 0.2) is 24.3 Å². The molecule has 1 N–H and O–H groups in total. The lowest BCUT2D eigenvalue weighted by Gasteiger charge is -2.23. The molecular weight excluding hydrogens is 219 g/mol. The van der Waals surface area contributed by atoms with E-state index >= 15 is 0 Å². The maximum Gasteiger partial charge on any atom is 0.303 e. The van der Waals surface area contributed by atoms with E-state index in [-0.39, 0.29) is 5.75 Å². The minimum atomic E-state index is -4.56. The van der Waals surface area contributed by atoms with E-state index in [9.17, 15) is 17.4 Å². The van der Waals surface area contributed by atoms with Crippen LogP contribution in [-0.4, -0.2) is 19.3 Å². The summed E-state index contributed by atoms with van der Waals surface area (Å²) in [6, 6.07) is 6.32. The molecule has 3 nitrogen and oxygen atoms in total. The molecule has 1 rings (SSSR count). The summed E-state index contributed by atoms with van der Waals surface area (Å²) in [4.78, 5) is 0. The number of phenolic OH excluding ortho intramolecular Hbond substituents is 1. The Labute approximate surface area is 88.8 Å². The molecule has 1 aromatic carbocycles. The maximum atomic E-state index is 12.6. The average molecular weight is 232 g/mol. The van der Waals surface area contributed by atoms with Crippen molar-refractivity contribution in [3.8, 4) is 5.75 Å². The second-order valence-electron chi connectivity index (χ2n) is 4.08. The average Bonchev–Trinajstić information content (AvgIpc) is 1.99. The van der Waals surface area contributed by atoms with E-state index in [2.05, 4.69) is 0 Å². The predicted molar refractivity (Wildman–Crippen MR) is 56.0 cm³/mol. The highest BCUT2D eigenvalue weighted by Crippen LogP contribution is 2.32. The van der Waals surface area contributed by atoms with E-state index in [4.69, 9.17) is 0 Å². The van der Waals surface area contributed by atoms with Gasteiger partial charge in [0.1, 0.15) is 5.75 Å². The second-order valence-corrected chi connectivity index (χ2v) is 5.45. The molecule has 5 heteroatoms. The normalized spacial score (nSPS) is 12.7. The van der Waals surface area contributed by atoms with Crippen LogP contribution in [0.25, 0.3) is 0 Å². The standard InChI is InChI=1S/C10H13FO3S/c1-10(2,7-15(11,13)14)8-5-3-4-6-9(8)12/h3-6,12H,7H2,1-2H3. The van der Waals surface area contributed by atoms with Gasteiger partial charge in [-0.05, 0) is 6.07 Å². The van der Waals surface area contributed by atoms with E-state index in [0.717, 1.165) is 0 Å². The molecule has 1 aromatic rings. The Hall–Kier alpha value is -1.10. The fourth-order valence-corrected chi connectivity index (χ4v) is 2.57. The Balaban J connectivity index is 3.12. The third-order valence-corrected chi connectivity index (χ3v) is 3.23. The van der Waals surface area contributed by atoms with Gasteiger partial charge in [0, 0.05) is 11.0 Å². The van der Waals surface area contributed by atoms with Crippen LogP contribution in [-0.2, 0) is 15.6 Å². The molecule has 84 valence electrons. The molecule has 0 aliphatic heterocycles. The van der Waals surface area contributed by atoms with Crippen LogP contribution in [0.1, 0.15) is 19.4 Å². The number of halogens is 1. The minimum absolute atomic E-state index is 0.0221. The minimum Gasteiger partial charge on any atom is -0.508 e. The van der Waals surface area contributed by atoms with Gasteiger partial charge in [0.05, 0.1) is 5.75 Å². The quantitative estimate of drug-likeness (QED) is 0.810. The second kappa shape index (κ2) is 3.81. The Morgan fingerprint density at radius 3 is 2.33 bits per heavy atom. The predicted octanol–water partition coefficient (Wildman–Crippen LogP) is 1.97. The van der Waals surface area contributed by atoms with Gasteiger partial charge in [-0.25, -0.2) is 0 Å². The number of aromatic hydroxyl groups is 1. The van der Waals surface area contributed by atoms with Gasteiger partial charge >= 0.3 is 10.2 Å². The number of benzene rings is 1. The summed E-state index contributed by atoms with van der Waals surface area (Å²) in [5.74, 6) is -0.663. The molecule has 0 atom stereocenters. The molecule has 0 aliphatic carbocycles. The summed E-state index contributed by atoms with van der Waals surface area (Å²) in [6.07, 6.45) is 0. The van der Waals surface area contributed by atoms with Crippen molar-refractivity contribution in [3.05, 3.63) is 29.8 Å². The van der Waals surface area contributed by atoms with Crippen LogP contribution in [0.5, 0.6) is 5.75 Å². The van der Waals surface area contributed by atoms with Gasteiger partial charge < -0.3 is 5.11 Å². The summed E-state index contributed by atoms with van der Waals surface area (Å²) < 4.78 is 33.8. The highest BCUT2D eigenvalue weighted by atomic mass is 32.3. The Bertz CT molecular complexity index is 451. The van der Waals surface area contributed by atoms with Gasteiger partial charge in [0.25, 0.3) is 0 Å². The molecular formula is C10H13FO3S. The van der Waals surface area contributed by atoms with Crippen molar-refractivity contribution in [3.63, 3.8) is 0 Å². The first kappa shape index (κ1) is 12.0. The van der Waals surface area contributed by atoms with Crippen LogP contribution in [0.2, 0.25) is 0 Å². The van der Waals surface area contributed by atoms with Crippen LogP contribution in [0, 0.1) is 0 Å². The first-order valence-electron chi connectivity index (χ1n) is 4.43. The molecule has 0 aliphatic rings. The number of rotatable bonds is 3. The summed E-state index contributed by atoms with van der Waals surface area (Å²) in [7, 11) is -4.56. The zero-order chi connectivity index (χ0) is 11.7. The van der Waals surface area contributed by atoms with Crippen LogP contribution in [0.3, 0.4) is 0 Å². The van der Waals surface area contributed by atoms with E-state index in [0.29, 0.717) is 5.56 Å². The molecule has 0 amide bonds. The number of phenols is 1. The molecule has 0 spiro atoms. The van der Waals surface area contributed by atoms with Gasteiger partial charge in [-0.15, -0.1) is 3.89 Å².